The second kappa shape index (κ2) is 3.81. The van der Waals surface area contributed by atoms with Crippen LogP contribution in [0.5, 0.6) is 0 Å². The zero-order valence-corrected chi connectivity index (χ0v) is 9.00. The molecule has 0 amide bonds. The number of aliphatic hydroxyl groups excluding tert-OH is 1. The maximum atomic E-state index is 9.68. The monoisotopic (exact) mass is 184 g/mol. The lowest BCUT2D eigenvalue weighted by atomic mass is 9.78. The van der Waals surface area contributed by atoms with Gasteiger partial charge in [0, 0.05) is 7.11 Å². The lowest BCUT2D eigenvalue weighted by Gasteiger charge is -2.36. The third-order valence-electron chi connectivity index (χ3n) is 3.27. The fourth-order valence-electron chi connectivity index (χ4n) is 1.75. The first-order valence-corrected chi connectivity index (χ1v) is 4.87. The average molecular weight is 184 g/mol. The van der Waals surface area contributed by atoms with Gasteiger partial charge in [0.1, 0.15) is 0 Å². The van der Waals surface area contributed by atoms with E-state index in [2.05, 4.69) is 19.9 Å². The van der Waals surface area contributed by atoms with Crippen molar-refractivity contribution in [2.75, 3.05) is 7.11 Å². The summed E-state index contributed by atoms with van der Waals surface area (Å²) < 4.78 is 5.42. The summed E-state index contributed by atoms with van der Waals surface area (Å²) in [6.45, 7) is 6.15. The molecule has 0 saturated carbocycles. The molecule has 2 heteroatoms. The summed E-state index contributed by atoms with van der Waals surface area (Å²) >= 11 is 0. The largest absolute Gasteiger partial charge is 0.389 e. The summed E-state index contributed by atoms with van der Waals surface area (Å²) in [6.07, 6.45) is 3.69. The molecule has 0 bridgehead atoms. The molecule has 76 valence electrons. The number of aliphatic hydroxyl groups is 1. The molecule has 1 rings (SSSR count). The number of rotatable bonds is 2. The van der Waals surface area contributed by atoms with Gasteiger partial charge in [-0.15, -0.1) is 0 Å². The number of methoxy groups -OCH3 is 1. The van der Waals surface area contributed by atoms with Crippen LogP contribution in [0.4, 0.5) is 0 Å². The summed E-state index contributed by atoms with van der Waals surface area (Å²) in [4.78, 5) is 0. The minimum atomic E-state index is -0.270. The van der Waals surface area contributed by atoms with E-state index in [-0.39, 0.29) is 11.7 Å². The Morgan fingerprint density at radius 2 is 2.15 bits per heavy atom. The Morgan fingerprint density at radius 3 is 2.62 bits per heavy atom. The van der Waals surface area contributed by atoms with Crippen molar-refractivity contribution in [1.82, 2.24) is 0 Å². The van der Waals surface area contributed by atoms with E-state index < -0.39 is 0 Å². The first-order valence-electron chi connectivity index (χ1n) is 4.87. The molecule has 0 fully saturated rings. The smallest absolute Gasteiger partial charge is 0.0751 e. The van der Waals surface area contributed by atoms with Gasteiger partial charge in [-0.05, 0) is 45.1 Å². The zero-order valence-electron chi connectivity index (χ0n) is 9.00. The van der Waals surface area contributed by atoms with Gasteiger partial charge in [0.15, 0.2) is 0 Å². The van der Waals surface area contributed by atoms with Gasteiger partial charge in [-0.2, -0.15) is 0 Å². The molecule has 1 aliphatic rings. The van der Waals surface area contributed by atoms with E-state index in [0.717, 1.165) is 18.4 Å². The van der Waals surface area contributed by atoms with Crippen molar-refractivity contribution in [3.05, 3.63) is 11.6 Å². The number of hydrogen-bond acceptors (Lipinski definition) is 2. The van der Waals surface area contributed by atoms with Crippen LogP contribution < -0.4 is 0 Å². The third-order valence-corrected chi connectivity index (χ3v) is 3.27. The first kappa shape index (κ1) is 10.7. The predicted molar refractivity (Wildman–Crippen MR) is 53.6 cm³/mol. The van der Waals surface area contributed by atoms with Crippen LogP contribution in [0, 0.1) is 5.92 Å². The van der Waals surface area contributed by atoms with Crippen LogP contribution in [0.1, 0.15) is 33.6 Å². The Hall–Kier alpha value is -0.340. The minimum absolute atomic E-state index is 0.127. The Kier molecular flexibility index (Phi) is 3.14. The molecule has 0 aliphatic heterocycles. The summed E-state index contributed by atoms with van der Waals surface area (Å²) in [5.74, 6) is 0.427. The molecular formula is C11H20O2. The highest BCUT2D eigenvalue weighted by Gasteiger charge is 2.32. The summed E-state index contributed by atoms with van der Waals surface area (Å²) in [5.41, 5.74) is 0.973. The molecule has 2 nitrogen and oxygen atoms in total. The van der Waals surface area contributed by atoms with Gasteiger partial charge in [-0.1, -0.05) is 6.08 Å². The summed E-state index contributed by atoms with van der Waals surface area (Å²) in [5, 5.41) is 9.68. The molecule has 2 atom stereocenters. The van der Waals surface area contributed by atoms with Crippen LogP contribution in [0.15, 0.2) is 11.6 Å². The maximum absolute atomic E-state index is 9.68. The molecule has 1 N–H and O–H groups in total. The van der Waals surface area contributed by atoms with E-state index in [1.165, 1.54) is 0 Å². The second-order valence-electron chi connectivity index (χ2n) is 4.44. The second-order valence-corrected chi connectivity index (χ2v) is 4.44. The highest BCUT2D eigenvalue weighted by atomic mass is 16.5. The van der Waals surface area contributed by atoms with Crippen molar-refractivity contribution in [2.45, 2.75) is 45.3 Å². The topological polar surface area (TPSA) is 29.5 Å². The Morgan fingerprint density at radius 1 is 1.54 bits per heavy atom. The highest BCUT2D eigenvalue weighted by Crippen LogP contribution is 2.33. The molecule has 0 radical (unpaired) electrons. The first-order chi connectivity index (χ1) is 5.97. The molecule has 13 heavy (non-hydrogen) atoms. The van der Waals surface area contributed by atoms with Crippen molar-refractivity contribution in [3.63, 3.8) is 0 Å². The van der Waals surface area contributed by atoms with Gasteiger partial charge in [0.05, 0.1) is 11.7 Å². The molecular weight excluding hydrogens is 164 g/mol. The molecule has 0 aromatic heterocycles. The standard InChI is InChI=1S/C11H20O2/c1-8-5-6-9(7-10(8)12)11(2,3)13-4/h5,9-10,12H,6-7H2,1-4H3/t9?,10-/m0/s1. The van der Waals surface area contributed by atoms with Gasteiger partial charge in [-0.25, -0.2) is 0 Å². The SMILES string of the molecule is COC(C)(C)C1CC=C(C)[C@@H](O)C1. The van der Waals surface area contributed by atoms with Crippen LogP contribution in [-0.2, 0) is 4.74 Å². The third kappa shape index (κ3) is 2.32. The number of ether oxygens (including phenoxy) is 1. The van der Waals surface area contributed by atoms with Crippen LogP contribution >= 0.6 is 0 Å². The fraction of sp³-hybridized carbons (Fsp3) is 0.818. The van der Waals surface area contributed by atoms with Crippen molar-refractivity contribution < 1.29 is 9.84 Å². The van der Waals surface area contributed by atoms with Crippen LogP contribution in [0.2, 0.25) is 0 Å². The zero-order chi connectivity index (χ0) is 10.1. The molecule has 1 aliphatic carbocycles. The average Bonchev–Trinajstić information content (AvgIpc) is 2.09. The minimum Gasteiger partial charge on any atom is -0.389 e. The van der Waals surface area contributed by atoms with Crippen molar-refractivity contribution >= 4 is 0 Å². The highest BCUT2D eigenvalue weighted by molar-refractivity contribution is 5.11. The fourth-order valence-corrected chi connectivity index (χ4v) is 1.75. The molecule has 0 saturated heterocycles. The van der Waals surface area contributed by atoms with Crippen LogP contribution in [0.25, 0.3) is 0 Å². The maximum Gasteiger partial charge on any atom is 0.0751 e. The van der Waals surface area contributed by atoms with E-state index >= 15 is 0 Å². The van der Waals surface area contributed by atoms with E-state index in [1.54, 1.807) is 7.11 Å². The normalized spacial score (nSPS) is 30.1. The Labute approximate surface area is 80.6 Å². The van der Waals surface area contributed by atoms with Crippen LogP contribution in [0.3, 0.4) is 0 Å². The lowest BCUT2D eigenvalue weighted by molar-refractivity contribution is -0.0429. The van der Waals surface area contributed by atoms with Crippen molar-refractivity contribution in [1.29, 1.82) is 0 Å². The van der Waals surface area contributed by atoms with Crippen LogP contribution in [-0.4, -0.2) is 23.9 Å². The van der Waals surface area contributed by atoms with E-state index in [1.807, 2.05) is 6.92 Å². The quantitative estimate of drug-likeness (QED) is 0.666. The van der Waals surface area contributed by atoms with Gasteiger partial charge < -0.3 is 9.84 Å². The van der Waals surface area contributed by atoms with Gasteiger partial charge in [-0.3, -0.25) is 0 Å². The number of allylic oxidation sites excluding steroid dienone is 1. The molecule has 0 spiro atoms. The molecule has 0 aromatic rings. The molecule has 1 unspecified atom stereocenters. The Bertz CT molecular complexity index is 206. The van der Waals surface area contributed by atoms with Gasteiger partial charge in [0.2, 0.25) is 0 Å². The van der Waals surface area contributed by atoms with E-state index in [4.69, 9.17) is 4.74 Å². The van der Waals surface area contributed by atoms with Crippen molar-refractivity contribution in [3.8, 4) is 0 Å². The summed E-state index contributed by atoms with van der Waals surface area (Å²) in [7, 11) is 1.73. The molecule has 0 aromatic carbocycles. The van der Waals surface area contributed by atoms with Gasteiger partial charge in [0.25, 0.3) is 0 Å². The van der Waals surface area contributed by atoms with E-state index in [0.29, 0.717) is 5.92 Å². The van der Waals surface area contributed by atoms with Crippen molar-refractivity contribution in [2.24, 2.45) is 5.92 Å². The lowest BCUT2D eigenvalue weighted by Crippen LogP contribution is -2.37. The predicted octanol–water partition coefficient (Wildman–Crippen LogP) is 2.13. The molecule has 0 heterocycles. The number of hydrogen-bond donors (Lipinski definition) is 1. The Balaban J connectivity index is 2.67. The van der Waals surface area contributed by atoms with Gasteiger partial charge >= 0.3 is 0 Å². The van der Waals surface area contributed by atoms with E-state index in [9.17, 15) is 5.11 Å². The summed E-state index contributed by atoms with van der Waals surface area (Å²) in [6, 6.07) is 0.